The van der Waals surface area contributed by atoms with E-state index < -0.39 is 11.9 Å². The van der Waals surface area contributed by atoms with Gasteiger partial charge in [0.1, 0.15) is 11.3 Å². The van der Waals surface area contributed by atoms with Gasteiger partial charge in [0.05, 0.1) is 18.2 Å². The van der Waals surface area contributed by atoms with Gasteiger partial charge in [0.2, 0.25) is 5.69 Å². The highest BCUT2D eigenvalue weighted by atomic mass is 16.5. The number of ether oxygens (including phenoxy) is 1. The molecule has 1 heterocycles. The highest BCUT2D eigenvalue weighted by Crippen LogP contribution is 2.17. The van der Waals surface area contributed by atoms with E-state index in [1.165, 1.54) is 6.92 Å². The maximum atomic E-state index is 12.3. The first-order chi connectivity index (χ1) is 10.6. The van der Waals surface area contributed by atoms with Gasteiger partial charge < -0.3 is 14.6 Å². The Labute approximate surface area is 126 Å². The van der Waals surface area contributed by atoms with Crippen LogP contribution in [0.1, 0.15) is 39.1 Å². The Morgan fingerprint density at radius 3 is 2.64 bits per heavy atom. The van der Waals surface area contributed by atoms with Crippen LogP contribution in [0.5, 0.6) is 0 Å². The number of aryl methyl sites for hydroxylation is 1. The fourth-order valence-corrected chi connectivity index (χ4v) is 1.80. The Kier molecular flexibility index (Phi) is 4.53. The number of hydrogen-bond acceptors (Lipinski definition) is 6. The molecule has 0 fully saturated rings. The lowest BCUT2D eigenvalue weighted by atomic mass is 10.1. The van der Waals surface area contributed by atoms with E-state index in [1.54, 1.807) is 31.2 Å². The summed E-state index contributed by atoms with van der Waals surface area (Å²) in [6, 6.07) is 8.30. The zero-order chi connectivity index (χ0) is 16.1. The summed E-state index contributed by atoms with van der Waals surface area (Å²) in [5, 5.41) is 14.9. The van der Waals surface area contributed by atoms with Crippen molar-refractivity contribution in [3.63, 3.8) is 0 Å². The molecule has 22 heavy (non-hydrogen) atoms. The highest BCUT2D eigenvalue weighted by molar-refractivity contribution is 6.10. The Morgan fingerprint density at radius 1 is 1.36 bits per heavy atom. The molecule has 7 heteroatoms. The van der Waals surface area contributed by atoms with Crippen LogP contribution < -0.4 is 5.32 Å². The van der Waals surface area contributed by atoms with Gasteiger partial charge in [-0.05, 0) is 38.1 Å². The molecule has 0 aliphatic carbocycles. The minimum absolute atomic E-state index is 0.0304. The molecule has 1 aromatic carbocycles. The van der Waals surface area contributed by atoms with Crippen LogP contribution in [-0.2, 0) is 4.74 Å². The first-order valence-electron chi connectivity index (χ1n) is 6.51. The van der Waals surface area contributed by atoms with Gasteiger partial charge in [-0.15, -0.1) is 0 Å². The van der Waals surface area contributed by atoms with Crippen molar-refractivity contribution in [2.24, 2.45) is 0 Å². The summed E-state index contributed by atoms with van der Waals surface area (Å²) in [7, 11) is 0. The predicted molar refractivity (Wildman–Crippen MR) is 76.3 cm³/mol. The molecule has 0 bridgehead atoms. The molecular weight excluding hydrogens is 286 g/mol. The van der Waals surface area contributed by atoms with Gasteiger partial charge in [-0.2, -0.15) is 5.26 Å². The fourth-order valence-electron chi connectivity index (χ4n) is 1.80. The SMILES string of the molecule is CCOC(=O)c1noc(C)c1C(=O)Nc1ccc(C#N)cc1. The van der Waals surface area contributed by atoms with E-state index in [0.717, 1.165) is 0 Å². The van der Waals surface area contributed by atoms with Crippen molar-refractivity contribution in [1.82, 2.24) is 5.16 Å². The van der Waals surface area contributed by atoms with Crippen molar-refractivity contribution in [2.75, 3.05) is 11.9 Å². The quantitative estimate of drug-likeness (QED) is 0.868. The van der Waals surface area contributed by atoms with E-state index >= 15 is 0 Å². The average Bonchev–Trinajstić information content (AvgIpc) is 2.90. The molecule has 0 unspecified atom stereocenters. The van der Waals surface area contributed by atoms with E-state index in [-0.39, 0.29) is 23.6 Å². The van der Waals surface area contributed by atoms with E-state index in [0.29, 0.717) is 11.3 Å². The molecule has 0 spiro atoms. The zero-order valence-corrected chi connectivity index (χ0v) is 12.0. The van der Waals surface area contributed by atoms with E-state index in [2.05, 4.69) is 10.5 Å². The third-order valence-electron chi connectivity index (χ3n) is 2.83. The Balaban J connectivity index is 2.24. The second kappa shape index (κ2) is 6.54. The molecule has 0 saturated carbocycles. The monoisotopic (exact) mass is 299 g/mol. The van der Waals surface area contributed by atoms with Gasteiger partial charge in [-0.1, -0.05) is 5.16 Å². The van der Waals surface area contributed by atoms with Crippen LogP contribution in [0.25, 0.3) is 0 Å². The Morgan fingerprint density at radius 2 is 2.05 bits per heavy atom. The summed E-state index contributed by atoms with van der Waals surface area (Å²) in [4.78, 5) is 24.1. The van der Waals surface area contributed by atoms with Crippen LogP contribution in [0.3, 0.4) is 0 Å². The lowest BCUT2D eigenvalue weighted by Crippen LogP contribution is -2.17. The van der Waals surface area contributed by atoms with Gasteiger partial charge in [-0.3, -0.25) is 4.79 Å². The minimum atomic E-state index is -0.718. The number of esters is 1. The largest absolute Gasteiger partial charge is 0.461 e. The van der Waals surface area contributed by atoms with Crippen molar-refractivity contribution in [2.45, 2.75) is 13.8 Å². The summed E-state index contributed by atoms with van der Waals surface area (Å²) < 4.78 is 9.74. The maximum absolute atomic E-state index is 12.3. The van der Waals surface area contributed by atoms with E-state index in [1.807, 2.05) is 6.07 Å². The van der Waals surface area contributed by atoms with Crippen molar-refractivity contribution in [1.29, 1.82) is 5.26 Å². The summed E-state index contributed by atoms with van der Waals surface area (Å²) in [5.41, 5.74) is 0.832. The van der Waals surface area contributed by atoms with Crippen molar-refractivity contribution in [3.05, 3.63) is 46.8 Å². The third kappa shape index (κ3) is 3.12. The number of nitrogens with one attached hydrogen (secondary N) is 1. The maximum Gasteiger partial charge on any atom is 0.361 e. The van der Waals surface area contributed by atoms with Gasteiger partial charge in [0.15, 0.2) is 0 Å². The molecule has 0 radical (unpaired) electrons. The standard InChI is InChI=1S/C15H13N3O4/c1-3-21-15(20)13-12(9(2)22-18-13)14(19)17-11-6-4-10(8-16)5-7-11/h4-7H,3H2,1-2H3,(H,17,19). The van der Waals surface area contributed by atoms with Gasteiger partial charge >= 0.3 is 5.97 Å². The molecule has 1 aromatic heterocycles. The fraction of sp³-hybridized carbons (Fsp3) is 0.200. The molecule has 1 amide bonds. The Hall–Kier alpha value is -3.14. The highest BCUT2D eigenvalue weighted by Gasteiger charge is 2.26. The normalized spacial score (nSPS) is 9.86. The molecule has 1 N–H and O–H groups in total. The Bertz CT molecular complexity index is 741. The molecule has 2 aromatic rings. The summed E-state index contributed by atoms with van der Waals surface area (Å²) in [6.07, 6.45) is 0. The summed E-state index contributed by atoms with van der Waals surface area (Å²) in [6.45, 7) is 3.35. The summed E-state index contributed by atoms with van der Waals surface area (Å²) >= 11 is 0. The van der Waals surface area contributed by atoms with Crippen LogP contribution in [0.2, 0.25) is 0 Å². The molecule has 112 valence electrons. The molecule has 0 aliphatic rings. The number of carbonyl (C=O) groups excluding carboxylic acids is 2. The number of nitrogens with zero attached hydrogens (tertiary/aromatic N) is 2. The molecule has 0 atom stereocenters. The smallest absolute Gasteiger partial charge is 0.361 e. The van der Waals surface area contributed by atoms with Crippen LogP contribution >= 0.6 is 0 Å². The first-order valence-corrected chi connectivity index (χ1v) is 6.51. The van der Waals surface area contributed by atoms with Crippen LogP contribution in [0, 0.1) is 18.3 Å². The van der Waals surface area contributed by atoms with Gasteiger partial charge in [0, 0.05) is 5.69 Å². The van der Waals surface area contributed by atoms with Crippen LogP contribution in [-0.4, -0.2) is 23.6 Å². The van der Waals surface area contributed by atoms with Gasteiger partial charge in [-0.25, -0.2) is 4.79 Å². The number of rotatable bonds is 4. The van der Waals surface area contributed by atoms with E-state index in [4.69, 9.17) is 14.5 Å². The van der Waals surface area contributed by atoms with Crippen LogP contribution in [0.4, 0.5) is 5.69 Å². The average molecular weight is 299 g/mol. The predicted octanol–water partition coefficient (Wildman–Crippen LogP) is 2.28. The number of carbonyl (C=O) groups is 2. The number of hydrogen-bond donors (Lipinski definition) is 1. The summed E-state index contributed by atoms with van der Waals surface area (Å²) in [5.74, 6) is -1.04. The number of aromatic nitrogens is 1. The van der Waals surface area contributed by atoms with Crippen molar-refractivity contribution >= 4 is 17.6 Å². The number of amides is 1. The van der Waals surface area contributed by atoms with E-state index in [9.17, 15) is 9.59 Å². The second-order valence-corrected chi connectivity index (χ2v) is 4.33. The molecule has 0 saturated heterocycles. The van der Waals surface area contributed by atoms with Gasteiger partial charge in [0.25, 0.3) is 5.91 Å². The topological polar surface area (TPSA) is 105 Å². The molecule has 2 rings (SSSR count). The third-order valence-corrected chi connectivity index (χ3v) is 2.83. The van der Waals surface area contributed by atoms with Crippen molar-refractivity contribution < 1.29 is 18.8 Å². The molecule has 7 nitrogen and oxygen atoms in total. The van der Waals surface area contributed by atoms with Crippen molar-refractivity contribution in [3.8, 4) is 6.07 Å². The minimum Gasteiger partial charge on any atom is -0.461 e. The second-order valence-electron chi connectivity index (χ2n) is 4.33. The lowest BCUT2D eigenvalue weighted by molar-refractivity contribution is 0.0512. The van der Waals surface area contributed by atoms with Crippen LogP contribution in [0.15, 0.2) is 28.8 Å². The molecule has 0 aliphatic heterocycles. The lowest BCUT2D eigenvalue weighted by Gasteiger charge is -2.05. The number of benzene rings is 1. The number of nitriles is 1. The zero-order valence-electron chi connectivity index (χ0n) is 12.0. The first kappa shape index (κ1) is 15.3. The molecular formula is C15H13N3O4. The number of anilines is 1.